The summed E-state index contributed by atoms with van der Waals surface area (Å²) < 4.78 is 22.6. The average molecular weight is 472 g/mol. The Kier molecular flexibility index (Phi) is 5.68. The fraction of sp³-hybridized carbons (Fsp3) is 0.214. The van der Waals surface area contributed by atoms with Gasteiger partial charge in [0.05, 0.1) is 38.3 Å². The lowest BCUT2D eigenvalue weighted by Gasteiger charge is -2.26. The molecule has 0 N–H and O–H groups in total. The SMILES string of the molecule is COc1cc([C@H]2c3c(oc4ccc(C)cc4c3=O)C(=O)N2Cc2ccccc2)cc(OC)c1OC. The maximum atomic E-state index is 13.8. The van der Waals surface area contributed by atoms with Gasteiger partial charge in [-0.25, -0.2) is 0 Å². The molecule has 35 heavy (non-hydrogen) atoms. The van der Waals surface area contributed by atoms with Crippen molar-refractivity contribution in [3.8, 4) is 17.2 Å². The molecule has 0 unspecified atom stereocenters. The van der Waals surface area contributed by atoms with Crippen LogP contribution in [0.3, 0.4) is 0 Å². The number of hydrogen-bond acceptors (Lipinski definition) is 6. The van der Waals surface area contributed by atoms with Gasteiger partial charge >= 0.3 is 0 Å². The van der Waals surface area contributed by atoms with Crippen LogP contribution in [0.25, 0.3) is 11.0 Å². The molecule has 2 heterocycles. The summed E-state index contributed by atoms with van der Waals surface area (Å²) in [4.78, 5) is 29.1. The van der Waals surface area contributed by atoms with E-state index >= 15 is 0 Å². The summed E-state index contributed by atoms with van der Waals surface area (Å²) >= 11 is 0. The Hall–Kier alpha value is -4.26. The van der Waals surface area contributed by atoms with Gasteiger partial charge in [0.1, 0.15) is 5.58 Å². The van der Waals surface area contributed by atoms with E-state index in [1.54, 1.807) is 29.2 Å². The molecule has 4 aromatic rings. The molecular weight excluding hydrogens is 446 g/mol. The Bertz CT molecular complexity index is 1470. The smallest absolute Gasteiger partial charge is 0.291 e. The number of aryl methyl sites for hydroxylation is 1. The summed E-state index contributed by atoms with van der Waals surface area (Å²) in [5.74, 6) is 1.01. The average Bonchev–Trinajstić information content (AvgIpc) is 3.15. The first-order valence-corrected chi connectivity index (χ1v) is 11.2. The van der Waals surface area contributed by atoms with Crippen LogP contribution in [-0.2, 0) is 6.54 Å². The first-order chi connectivity index (χ1) is 17.0. The van der Waals surface area contributed by atoms with E-state index in [9.17, 15) is 9.59 Å². The fourth-order valence-corrected chi connectivity index (χ4v) is 4.68. The molecule has 1 aliphatic heterocycles. The number of nitrogens with zero attached hydrogens (tertiary/aromatic N) is 1. The molecule has 1 aromatic heterocycles. The van der Waals surface area contributed by atoms with Crippen LogP contribution in [-0.4, -0.2) is 32.1 Å². The maximum Gasteiger partial charge on any atom is 0.291 e. The highest BCUT2D eigenvalue weighted by atomic mass is 16.5. The summed E-state index contributed by atoms with van der Waals surface area (Å²) in [6.07, 6.45) is 0. The Balaban J connectivity index is 1.78. The number of methoxy groups -OCH3 is 3. The lowest BCUT2D eigenvalue weighted by molar-refractivity contribution is 0.0714. The Labute approximate surface area is 202 Å². The van der Waals surface area contributed by atoms with E-state index in [-0.39, 0.29) is 17.1 Å². The van der Waals surface area contributed by atoms with E-state index < -0.39 is 6.04 Å². The van der Waals surface area contributed by atoms with Crippen molar-refractivity contribution in [1.29, 1.82) is 0 Å². The Morgan fingerprint density at radius 1 is 0.886 bits per heavy atom. The van der Waals surface area contributed by atoms with Crippen molar-refractivity contribution < 1.29 is 23.4 Å². The number of carbonyl (C=O) groups is 1. The van der Waals surface area contributed by atoms with Gasteiger partial charge in [0.2, 0.25) is 11.5 Å². The minimum atomic E-state index is -0.701. The standard InChI is InChI=1S/C28H25NO6/c1-16-10-11-20-19(12-16)25(30)23-24(18-13-21(32-2)26(34-4)22(14-18)33-3)29(28(31)27(23)35-20)15-17-8-6-5-7-9-17/h5-14,24H,15H2,1-4H3/t24-/m0/s1. The van der Waals surface area contributed by atoms with E-state index in [0.29, 0.717) is 45.9 Å². The van der Waals surface area contributed by atoms with Crippen LogP contribution in [0.1, 0.15) is 38.9 Å². The summed E-state index contributed by atoms with van der Waals surface area (Å²) in [6.45, 7) is 2.20. The number of ether oxygens (including phenoxy) is 3. The summed E-state index contributed by atoms with van der Waals surface area (Å²) in [6, 6.07) is 17.8. The number of carbonyl (C=O) groups excluding carboxylic acids is 1. The number of rotatable bonds is 6. The summed E-state index contributed by atoms with van der Waals surface area (Å²) in [5, 5.41) is 0.440. The molecule has 1 aliphatic rings. The first-order valence-electron chi connectivity index (χ1n) is 11.2. The lowest BCUT2D eigenvalue weighted by Crippen LogP contribution is -2.29. The molecule has 7 nitrogen and oxygen atoms in total. The van der Waals surface area contributed by atoms with E-state index in [1.807, 2.05) is 43.3 Å². The van der Waals surface area contributed by atoms with Crippen molar-refractivity contribution in [3.63, 3.8) is 0 Å². The van der Waals surface area contributed by atoms with E-state index in [2.05, 4.69) is 0 Å². The molecular formula is C28H25NO6. The van der Waals surface area contributed by atoms with Crippen LogP contribution in [0, 0.1) is 6.92 Å². The Morgan fingerprint density at radius 2 is 1.57 bits per heavy atom. The van der Waals surface area contributed by atoms with Gasteiger partial charge in [-0.15, -0.1) is 0 Å². The third kappa shape index (κ3) is 3.69. The van der Waals surface area contributed by atoms with Crippen LogP contribution in [0.15, 0.2) is 69.9 Å². The van der Waals surface area contributed by atoms with E-state index in [4.69, 9.17) is 18.6 Å². The van der Waals surface area contributed by atoms with Crippen molar-refractivity contribution in [2.45, 2.75) is 19.5 Å². The van der Waals surface area contributed by atoms with Crippen LogP contribution in [0.2, 0.25) is 0 Å². The normalized spacial score (nSPS) is 14.8. The van der Waals surface area contributed by atoms with Gasteiger partial charge in [-0.05, 0) is 42.3 Å². The zero-order chi connectivity index (χ0) is 24.7. The number of fused-ring (bicyclic) bond motifs is 2. The monoisotopic (exact) mass is 471 g/mol. The highest BCUT2D eigenvalue weighted by Crippen LogP contribution is 2.45. The van der Waals surface area contributed by atoms with E-state index in [1.165, 1.54) is 21.3 Å². The fourth-order valence-electron chi connectivity index (χ4n) is 4.68. The molecule has 0 bridgehead atoms. The quantitative estimate of drug-likeness (QED) is 0.399. The molecule has 7 heteroatoms. The first kappa shape index (κ1) is 22.5. The van der Waals surface area contributed by atoms with Crippen molar-refractivity contribution in [3.05, 3.63) is 98.9 Å². The second-order valence-electron chi connectivity index (χ2n) is 8.45. The van der Waals surface area contributed by atoms with Gasteiger partial charge in [0.25, 0.3) is 5.91 Å². The van der Waals surface area contributed by atoms with Crippen molar-refractivity contribution in [2.24, 2.45) is 0 Å². The van der Waals surface area contributed by atoms with Gasteiger partial charge in [-0.3, -0.25) is 9.59 Å². The molecule has 0 saturated heterocycles. The van der Waals surface area contributed by atoms with Crippen molar-refractivity contribution in [2.75, 3.05) is 21.3 Å². The topological polar surface area (TPSA) is 78.2 Å². The molecule has 178 valence electrons. The number of benzene rings is 3. The molecule has 0 fully saturated rings. The molecule has 0 radical (unpaired) electrons. The third-order valence-corrected chi connectivity index (χ3v) is 6.32. The van der Waals surface area contributed by atoms with Gasteiger partial charge in [0.15, 0.2) is 16.9 Å². The zero-order valence-corrected chi connectivity index (χ0v) is 20.0. The third-order valence-electron chi connectivity index (χ3n) is 6.32. The van der Waals surface area contributed by atoms with Gasteiger partial charge < -0.3 is 23.5 Å². The lowest BCUT2D eigenvalue weighted by atomic mass is 9.97. The Morgan fingerprint density at radius 3 is 2.20 bits per heavy atom. The predicted octanol–water partition coefficient (Wildman–Crippen LogP) is 4.87. The molecule has 1 atom stereocenters. The second-order valence-corrected chi connectivity index (χ2v) is 8.45. The summed E-state index contributed by atoms with van der Waals surface area (Å²) in [7, 11) is 4.58. The van der Waals surface area contributed by atoms with Gasteiger partial charge in [-0.1, -0.05) is 42.0 Å². The maximum absolute atomic E-state index is 13.8. The molecule has 1 amide bonds. The molecule has 3 aromatic carbocycles. The van der Waals surface area contributed by atoms with Crippen molar-refractivity contribution in [1.82, 2.24) is 4.90 Å². The van der Waals surface area contributed by atoms with Crippen LogP contribution in [0.5, 0.6) is 17.2 Å². The molecule has 0 spiro atoms. The van der Waals surface area contributed by atoms with Gasteiger partial charge in [-0.2, -0.15) is 0 Å². The molecule has 0 saturated carbocycles. The summed E-state index contributed by atoms with van der Waals surface area (Å²) in [5.41, 5.74) is 2.98. The molecule has 0 aliphatic carbocycles. The highest BCUT2D eigenvalue weighted by Gasteiger charge is 2.43. The van der Waals surface area contributed by atoms with Crippen LogP contribution >= 0.6 is 0 Å². The number of hydrogen-bond donors (Lipinski definition) is 0. The second kappa shape index (κ2) is 8.83. The van der Waals surface area contributed by atoms with Crippen molar-refractivity contribution >= 4 is 16.9 Å². The largest absolute Gasteiger partial charge is 0.493 e. The van der Waals surface area contributed by atoms with Crippen LogP contribution in [0.4, 0.5) is 0 Å². The minimum Gasteiger partial charge on any atom is -0.493 e. The highest BCUT2D eigenvalue weighted by molar-refractivity contribution is 5.99. The predicted molar refractivity (Wildman–Crippen MR) is 131 cm³/mol. The number of amides is 1. The zero-order valence-electron chi connectivity index (χ0n) is 20.0. The minimum absolute atomic E-state index is 0.0565. The van der Waals surface area contributed by atoms with Gasteiger partial charge in [0, 0.05) is 6.54 Å². The molecule has 5 rings (SSSR count). The van der Waals surface area contributed by atoms with E-state index in [0.717, 1.165) is 11.1 Å². The van der Waals surface area contributed by atoms with Crippen LogP contribution < -0.4 is 19.6 Å².